The molecule has 2 aromatic heterocycles. The Kier molecular flexibility index (Phi) is 2.45. The van der Waals surface area contributed by atoms with Gasteiger partial charge in [0, 0.05) is 0 Å². The van der Waals surface area contributed by atoms with E-state index >= 15 is 0 Å². The molecule has 4 aromatic rings. The number of aromatic nitrogens is 3. The van der Waals surface area contributed by atoms with Gasteiger partial charge in [-0.05, 0) is 42.5 Å². The minimum Gasteiger partial charge on any atom is -0.299 e. The highest BCUT2D eigenvalue weighted by molar-refractivity contribution is 6.50. The molecule has 0 amide bonds. The lowest BCUT2D eigenvalue weighted by Gasteiger charge is -2.11. The van der Waals surface area contributed by atoms with Crippen LogP contribution in [0.5, 0.6) is 0 Å². The molecule has 114 valence electrons. The van der Waals surface area contributed by atoms with Gasteiger partial charge in [-0.1, -0.05) is 24.3 Å². The Morgan fingerprint density at radius 2 is 1.46 bits per heavy atom. The first-order valence-corrected chi connectivity index (χ1v) is 7.68. The summed E-state index contributed by atoms with van der Waals surface area (Å²) < 4.78 is 4.19. The molecule has 0 saturated heterocycles. The third kappa shape index (κ3) is 1.61. The average molecular weight is 311 g/mol. The second-order valence-electron chi connectivity index (χ2n) is 5.79. The highest BCUT2D eigenvalue weighted by atomic mass is 15.2. The van der Waals surface area contributed by atoms with Gasteiger partial charge in [-0.3, -0.25) is 19.8 Å². The van der Waals surface area contributed by atoms with Crippen molar-refractivity contribution in [1.82, 2.24) is 14.0 Å². The van der Waals surface area contributed by atoms with Gasteiger partial charge in [0.05, 0.1) is 39.2 Å². The molecule has 24 heavy (non-hydrogen) atoms. The number of rotatable bonds is 1. The van der Waals surface area contributed by atoms with E-state index in [9.17, 15) is 0 Å². The van der Waals surface area contributed by atoms with Crippen LogP contribution < -0.4 is 0 Å². The molecule has 0 radical (unpaired) electrons. The molecule has 0 spiro atoms. The number of para-hydroxylation sites is 4. The van der Waals surface area contributed by atoms with Gasteiger partial charge in [0.2, 0.25) is 5.78 Å². The Bertz CT molecular complexity index is 1230. The van der Waals surface area contributed by atoms with Crippen LogP contribution in [0.25, 0.3) is 33.5 Å². The van der Waals surface area contributed by atoms with Gasteiger partial charge in [0.1, 0.15) is 0 Å². The predicted octanol–water partition coefficient (Wildman–Crippen LogP) is 3.89. The lowest BCUT2D eigenvalue weighted by molar-refractivity contribution is 1.15. The van der Waals surface area contributed by atoms with E-state index in [0.717, 1.165) is 33.5 Å². The molecule has 1 aliphatic rings. The van der Waals surface area contributed by atoms with Crippen LogP contribution in [0, 0.1) is 10.8 Å². The van der Waals surface area contributed by atoms with Crippen LogP contribution >= 0.6 is 0 Å². The van der Waals surface area contributed by atoms with Crippen LogP contribution in [-0.2, 0) is 0 Å². The average Bonchev–Trinajstić information content (AvgIpc) is 3.12. The van der Waals surface area contributed by atoms with Gasteiger partial charge in [0.15, 0.2) is 0 Å². The molecular weight excluding hydrogens is 298 g/mol. The van der Waals surface area contributed by atoms with Crippen LogP contribution in [0.2, 0.25) is 0 Å². The molecule has 0 atom stereocenters. The topological polar surface area (TPSA) is 69.9 Å². The molecular formula is C19H13N5. The van der Waals surface area contributed by atoms with Gasteiger partial charge >= 0.3 is 0 Å². The van der Waals surface area contributed by atoms with Crippen LogP contribution in [0.15, 0.2) is 66.8 Å². The van der Waals surface area contributed by atoms with Crippen molar-refractivity contribution in [2.45, 2.75) is 0 Å². The molecule has 2 aromatic carbocycles. The van der Waals surface area contributed by atoms with Crippen LogP contribution in [-0.4, -0.2) is 25.4 Å². The molecule has 2 N–H and O–H groups in total. The Morgan fingerprint density at radius 1 is 0.750 bits per heavy atom. The van der Waals surface area contributed by atoms with Crippen molar-refractivity contribution in [1.29, 1.82) is 10.8 Å². The fourth-order valence-electron chi connectivity index (χ4n) is 3.28. The van der Waals surface area contributed by atoms with E-state index in [1.807, 2.05) is 41.0 Å². The monoisotopic (exact) mass is 311 g/mol. The number of imidazole rings is 2. The van der Waals surface area contributed by atoms with E-state index < -0.39 is 0 Å². The zero-order valence-electron chi connectivity index (χ0n) is 12.7. The predicted molar refractivity (Wildman–Crippen MR) is 97.1 cm³/mol. The maximum absolute atomic E-state index is 7.96. The molecule has 1 aliphatic carbocycles. The summed E-state index contributed by atoms with van der Waals surface area (Å²) in [6, 6.07) is 16.2. The Morgan fingerprint density at radius 3 is 2.25 bits per heavy atom. The Hall–Kier alpha value is -3.47. The number of hydrogen-bond donors (Lipinski definition) is 2. The number of allylic oxidation sites excluding steroid dienone is 4. The molecule has 5 rings (SSSR count). The molecule has 2 heterocycles. The van der Waals surface area contributed by atoms with E-state index in [4.69, 9.17) is 15.8 Å². The summed E-state index contributed by atoms with van der Waals surface area (Å²) in [7, 11) is 0. The van der Waals surface area contributed by atoms with Gasteiger partial charge < -0.3 is 0 Å². The molecule has 0 bridgehead atoms. The van der Waals surface area contributed by atoms with Gasteiger partial charge in [-0.25, -0.2) is 4.98 Å². The molecule has 0 saturated carbocycles. The largest absolute Gasteiger partial charge is 0.299 e. The van der Waals surface area contributed by atoms with Crippen molar-refractivity contribution < 1.29 is 0 Å². The molecule has 5 nitrogen and oxygen atoms in total. The lowest BCUT2D eigenvalue weighted by Crippen LogP contribution is -2.12. The van der Waals surface area contributed by atoms with Crippen molar-refractivity contribution in [2.75, 3.05) is 0 Å². The van der Waals surface area contributed by atoms with Crippen molar-refractivity contribution in [3.05, 3.63) is 66.8 Å². The summed E-state index contributed by atoms with van der Waals surface area (Å²) >= 11 is 0. The maximum Gasteiger partial charge on any atom is 0.220 e. The van der Waals surface area contributed by atoms with Crippen molar-refractivity contribution in [3.8, 4) is 0 Å². The van der Waals surface area contributed by atoms with E-state index in [1.165, 1.54) is 0 Å². The first kappa shape index (κ1) is 13.0. The summed E-state index contributed by atoms with van der Waals surface area (Å²) in [6.07, 6.45) is 5.24. The minimum atomic E-state index is 0.208. The van der Waals surface area contributed by atoms with Crippen molar-refractivity contribution >= 4 is 45.0 Å². The van der Waals surface area contributed by atoms with Crippen LogP contribution in [0.1, 0.15) is 0 Å². The minimum absolute atomic E-state index is 0.208. The second kappa shape index (κ2) is 4.52. The summed E-state index contributed by atoms with van der Waals surface area (Å²) in [6.45, 7) is 0. The number of nitrogens with zero attached hydrogens (tertiary/aromatic N) is 3. The molecule has 0 aliphatic heterocycles. The molecule has 0 unspecified atom stereocenters. The summed E-state index contributed by atoms with van der Waals surface area (Å²) in [4.78, 5) is 4.80. The van der Waals surface area contributed by atoms with Crippen molar-refractivity contribution in [3.63, 3.8) is 0 Å². The normalized spacial score (nSPS) is 14.9. The van der Waals surface area contributed by atoms with E-state index in [1.54, 1.807) is 12.2 Å². The molecule has 5 heteroatoms. The number of nitrogens with one attached hydrogen (secondary N) is 2. The number of hydrogen-bond acceptors (Lipinski definition) is 3. The smallest absolute Gasteiger partial charge is 0.220 e. The quantitative estimate of drug-likeness (QED) is 0.514. The maximum atomic E-state index is 7.96. The summed E-state index contributed by atoms with van der Waals surface area (Å²) in [5.41, 5.74) is 5.38. The number of benzene rings is 2. The van der Waals surface area contributed by atoms with Crippen molar-refractivity contribution in [2.24, 2.45) is 0 Å². The van der Waals surface area contributed by atoms with Crippen LogP contribution in [0.3, 0.4) is 0 Å². The Labute approximate surface area is 137 Å². The summed E-state index contributed by atoms with van der Waals surface area (Å²) in [5, 5.41) is 15.7. The second-order valence-corrected chi connectivity index (χ2v) is 5.79. The fourth-order valence-corrected chi connectivity index (χ4v) is 3.28. The highest BCUT2D eigenvalue weighted by Gasteiger charge is 2.18. The van der Waals surface area contributed by atoms with E-state index in [-0.39, 0.29) is 11.4 Å². The zero-order chi connectivity index (χ0) is 16.3. The first-order valence-electron chi connectivity index (χ1n) is 7.68. The third-order valence-corrected chi connectivity index (χ3v) is 4.37. The molecule has 0 fully saturated rings. The van der Waals surface area contributed by atoms with Gasteiger partial charge in [-0.2, -0.15) is 0 Å². The van der Waals surface area contributed by atoms with Crippen LogP contribution in [0.4, 0.5) is 0 Å². The van der Waals surface area contributed by atoms with Gasteiger partial charge in [-0.15, -0.1) is 0 Å². The van der Waals surface area contributed by atoms with Gasteiger partial charge in [0.25, 0.3) is 0 Å². The van der Waals surface area contributed by atoms with E-state index in [2.05, 4.69) is 22.6 Å². The SMILES string of the molecule is N=C1C=CC(n2c3ccccc3n3c4ccccc4nc23)=CC1=N. The Balaban J connectivity index is 1.97. The summed E-state index contributed by atoms with van der Waals surface area (Å²) in [5.74, 6) is 0.814. The standard InChI is InChI=1S/C19H13N5/c20-13-10-9-12(11-14(13)21)23-17-7-3-4-8-18(17)24-16-6-2-1-5-15(16)22-19(23)24/h1-11,20-21H. The first-order chi connectivity index (χ1) is 11.7. The lowest BCUT2D eigenvalue weighted by atomic mass is 10.1. The van der Waals surface area contributed by atoms with E-state index in [0.29, 0.717) is 0 Å². The highest BCUT2D eigenvalue weighted by Crippen LogP contribution is 2.29. The third-order valence-electron chi connectivity index (χ3n) is 4.37. The number of fused-ring (bicyclic) bond motifs is 5. The zero-order valence-corrected chi connectivity index (χ0v) is 12.7. The fraction of sp³-hybridized carbons (Fsp3) is 0.